The first-order chi connectivity index (χ1) is 13.8. The van der Waals surface area contributed by atoms with E-state index in [1.54, 1.807) is 7.05 Å². The van der Waals surface area contributed by atoms with Crippen molar-refractivity contribution < 1.29 is 28.2 Å². The zero-order chi connectivity index (χ0) is 21.1. The second-order valence-corrected chi connectivity index (χ2v) is 6.00. The second kappa shape index (κ2) is 8.09. The Morgan fingerprint density at radius 2 is 1.93 bits per heavy atom. The summed E-state index contributed by atoms with van der Waals surface area (Å²) < 4.78 is 40.1. The number of aromatic carboxylic acids is 1. The van der Waals surface area contributed by atoms with Gasteiger partial charge in [0.2, 0.25) is 5.95 Å². The molecule has 3 aromatic rings. The molecule has 2 aromatic heterocycles. The molecule has 0 aliphatic rings. The summed E-state index contributed by atoms with van der Waals surface area (Å²) in [4.78, 5) is 19.0. The van der Waals surface area contributed by atoms with Crippen molar-refractivity contribution in [3.8, 4) is 11.5 Å². The summed E-state index contributed by atoms with van der Waals surface area (Å²) in [5.74, 6) is -2.07. The fourth-order valence-corrected chi connectivity index (χ4v) is 2.50. The number of carbonyl (C=O) groups is 1. The largest absolute Gasteiger partial charge is 0.494 e. The lowest BCUT2D eigenvalue weighted by molar-refractivity contribution is 0.0689. The molecule has 0 spiro atoms. The predicted octanol–water partition coefficient (Wildman–Crippen LogP) is 2.83. The minimum atomic E-state index is -1.16. The quantitative estimate of drug-likeness (QED) is 0.617. The molecule has 0 unspecified atom stereocenters. The minimum absolute atomic E-state index is 0.0739. The number of carboxylic acid groups (broad SMARTS) is 1. The van der Waals surface area contributed by atoms with Gasteiger partial charge < -0.3 is 19.9 Å². The fraction of sp³-hybridized carbons (Fsp3) is 0.222. The Balaban J connectivity index is 1.71. The zero-order valence-corrected chi connectivity index (χ0v) is 15.7. The molecule has 1 aromatic carbocycles. The summed E-state index contributed by atoms with van der Waals surface area (Å²) in [6.07, 6.45) is 2.62. The SMILES string of the molecule is COc1cc(C)c(F)c(COc2cnc(Nc3cc(C(=O)O)nn3C)nc2)c1F. The Hall–Kier alpha value is -3.76. The summed E-state index contributed by atoms with van der Waals surface area (Å²) in [5, 5.41) is 15.6. The third-order valence-corrected chi connectivity index (χ3v) is 4.01. The van der Waals surface area contributed by atoms with Crippen LogP contribution in [0.1, 0.15) is 21.6 Å². The number of anilines is 2. The van der Waals surface area contributed by atoms with E-state index in [0.29, 0.717) is 5.82 Å². The Bertz CT molecular complexity index is 1050. The van der Waals surface area contributed by atoms with E-state index >= 15 is 0 Å². The summed E-state index contributed by atoms with van der Waals surface area (Å²) in [6, 6.07) is 2.60. The van der Waals surface area contributed by atoms with Gasteiger partial charge in [-0.1, -0.05) is 0 Å². The lowest BCUT2D eigenvalue weighted by Gasteiger charge is -2.12. The summed E-state index contributed by atoms with van der Waals surface area (Å²) >= 11 is 0. The standard InChI is InChI=1S/C18H17F2N5O4/c1-9-4-13(28-3)16(20)11(15(9)19)8-29-10-6-21-18(22-7-10)23-14-5-12(17(26)27)24-25(14)2/h4-7H,8H2,1-3H3,(H,26,27)(H,21,22,23). The lowest BCUT2D eigenvalue weighted by Crippen LogP contribution is -2.07. The Kier molecular flexibility index (Phi) is 5.57. The molecule has 0 saturated carbocycles. The van der Waals surface area contributed by atoms with Crippen LogP contribution in [0.2, 0.25) is 0 Å². The van der Waals surface area contributed by atoms with Crippen LogP contribution in [0.25, 0.3) is 0 Å². The lowest BCUT2D eigenvalue weighted by atomic mass is 10.1. The highest BCUT2D eigenvalue weighted by atomic mass is 19.1. The van der Waals surface area contributed by atoms with Crippen LogP contribution in [-0.4, -0.2) is 37.9 Å². The molecule has 152 valence electrons. The van der Waals surface area contributed by atoms with E-state index in [0.717, 1.165) is 0 Å². The molecule has 29 heavy (non-hydrogen) atoms. The van der Waals surface area contributed by atoms with Gasteiger partial charge in [-0.15, -0.1) is 0 Å². The van der Waals surface area contributed by atoms with Crippen LogP contribution < -0.4 is 14.8 Å². The Morgan fingerprint density at radius 1 is 1.24 bits per heavy atom. The van der Waals surface area contributed by atoms with Crippen molar-refractivity contribution >= 4 is 17.7 Å². The monoisotopic (exact) mass is 405 g/mol. The normalized spacial score (nSPS) is 10.7. The number of ether oxygens (including phenoxy) is 2. The van der Waals surface area contributed by atoms with Crippen molar-refractivity contribution in [2.24, 2.45) is 7.05 Å². The van der Waals surface area contributed by atoms with Crippen LogP contribution in [-0.2, 0) is 13.7 Å². The van der Waals surface area contributed by atoms with Crippen LogP contribution in [0.15, 0.2) is 24.5 Å². The highest BCUT2D eigenvalue weighted by Gasteiger charge is 2.18. The molecule has 2 heterocycles. The van der Waals surface area contributed by atoms with Gasteiger partial charge in [0.25, 0.3) is 0 Å². The summed E-state index contributed by atoms with van der Waals surface area (Å²) in [6.45, 7) is 1.12. The average Bonchev–Trinajstić information content (AvgIpc) is 3.06. The number of nitrogens with zero attached hydrogens (tertiary/aromatic N) is 4. The van der Waals surface area contributed by atoms with Crippen LogP contribution in [0.5, 0.6) is 11.5 Å². The maximum absolute atomic E-state index is 14.3. The Labute approximate surface area is 163 Å². The number of aromatic nitrogens is 4. The van der Waals surface area contributed by atoms with Gasteiger partial charge >= 0.3 is 5.97 Å². The first-order valence-corrected chi connectivity index (χ1v) is 8.30. The topological polar surface area (TPSA) is 111 Å². The fourth-order valence-electron chi connectivity index (χ4n) is 2.50. The van der Waals surface area contributed by atoms with Crippen molar-refractivity contribution in [2.45, 2.75) is 13.5 Å². The van der Waals surface area contributed by atoms with E-state index in [4.69, 9.17) is 14.6 Å². The molecule has 0 aliphatic heterocycles. The summed E-state index contributed by atoms with van der Waals surface area (Å²) in [7, 11) is 2.85. The van der Waals surface area contributed by atoms with E-state index in [-0.39, 0.29) is 40.9 Å². The van der Waals surface area contributed by atoms with Crippen LogP contribution in [0.4, 0.5) is 20.5 Å². The smallest absolute Gasteiger partial charge is 0.356 e. The molecule has 0 saturated heterocycles. The molecule has 3 rings (SSSR count). The van der Waals surface area contributed by atoms with Crippen molar-refractivity contribution in [2.75, 3.05) is 12.4 Å². The van der Waals surface area contributed by atoms with Gasteiger partial charge in [0.15, 0.2) is 23.0 Å². The summed E-state index contributed by atoms with van der Waals surface area (Å²) in [5.41, 5.74) is -0.165. The maximum atomic E-state index is 14.3. The highest BCUT2D eigenvalue weighted by molar-refractivity contribution is 5.86. The number of benzene rings is 1. The van der Waals surface area contributed by atoms with Crippen LogP contribution >= 0.6 is 0 Å². The third kappa shape index (κ3) is 4.23. The molecule has 0 amide bonds. The van der Waals surface area contributed by atoms with Gasteiger partial charge in [0.1, 0.15) is 18.2 Å². The van der Waals surface area contributed by atoms with Gasteiger partial charge in [-0.25, -0.2) is 23.5 Å². The van der Waals surface area contributed by atoms with Crippen molar-refractivity contribution in [3.63, 3.8) is 0 Å². The Morgan fingerprint density at radius 3 is 2.52 bits per heavy atom. The first-order valence-electron chi connectivity index (χ1n) is 8.30. The van der Waals surface area contributed by atoms with Crippen molar-refractivity contribution in [1.29, 1.82) is 0 Å². The van der Waals surface area contributed by atoms with Crippen LogP contribution in [0.3, 0.4) is 0 Å². The third-order valence-electron chi connectivity index (χ3n) is 4.01. The zero-order valence-electron chi connectivity index (χ0n) is 15.7. The number of halogens is 2. The van der Waals surface area contributed by atoms with Gasteiger partial charge in [-0.2, -0.15) is 5.10 Å². The molecule has 2 N–H and O–H groups in total. The van der Waals surface area contributed by atoms with E-state index < -0.39 is 17.6 Å². The number of nitrogens with one attached hydrogen (secondary N) is 1. The predicted molar refractivity (Wildman–Crippen MR) is 97.5 cm³/mol. The number of hydrogen-bond donors (Lipinski definition) is 2. The minimum Gasteiger partial charge on any atom is -0.494 e. The van der Waals surface area contributed by atoms with E-state index in [1.165, 1.54) is 43.2 Å². The average molecular weight is 405 g/mol. The van der Waals surface area contributed by atoms with E-state index in [2.05, 4.69) is 20.4 Å². The molecule has 0 radical (unpaired) electrons. The number of carboxylic acids is 1. The van der Waals surface area contributed by atoms with Gasteiger partial charge in [0, 0.05) is 13.1 Å². The van der Waals surface area contributed by atoms with Gasteiger partial charge in [0.05, 0.1) is 25.1 Å². The van der Waals surface area contributed by atoms with Crippen LogP contribution in [0, 0.1) is 18.6 Å². The maximum Gasteiger partial charge on any atom is 0.356 e. The molecular formula is C18H17F2N5O4. The molecular weight excluding hydrogens is 388 g/mol. The number of methoxy groups -OCH3 is 1. The molecule has 9 nitrogen and oxygen atoms in total. The van der Waals surface area contributed by atoms with Crippen molar-refractivity contribution in [1.82, 2.24) is 19.7 Å². The number of aryl methyl sites for hydroxylation is 2. The number of hydrogen-bond acceptors (Lipinski definition) is 7. The van der Waals surface area contributed by atoms with Gasteiger partial charge in [-0.3, -0.25) is 4.68 Å². The highest BCUT2D eigenvalue weighted by Crippen LogP contribution is 2.27. The molecule has 0 fully saturated rings. The van der Waals surface area contributed by atoms with Crippen molar-refractivity contribution in [3.05, 3.63) is 53.0 Å². The second-order valence-electron chi connectivity index (χ2n) is 6.00. The first kappa shape index (κ1) is 20.0. The molecule has 11 heteroatoms. The van der Waals surface area contributed by atoms with E-state index in [9.17, 15) is 13.6 Å². The van der Waals surface area contributed by atoms with Gasteiger partial charge in [-0.05, 0) is 18.6 Å². The molecule has 0 bridgehead atoms. The van der Waals surface area contributed by atoms with E-state index in [1.807, 2.05) is 0 Å². The molecule has 0 atom stereocenters. The number of rotatable bonds is 7. The molecule has 0 aliphatic carbocycles.